The van der Waals surface area contributed by atoms with Crippen LogP contribution in [0.5, 0.6) is 0 Å². The van der Waals surface area contributed by atoms with E-state index < -0.39 is 6.10 Å². The predicted molar refractivity (Wildman–Crippen MR) is 38.6 cm³/mol. The third kappa shape index (κ3) is 2.03. The number of hydroxylamine groups is 1. The molecule has 0 saturated heterocycles. The van der Waals surface area contributed by atoms with Gasteiger partial charge < -0.3 is 4.74 Å². The summed E-state index contributed by atoms with van der Waals surface area (Å²) in [6.45, 7) is 1.92. The van der Waals surface area contributed by atoms with Crippen LogP contribution < -0.4 is 5.48 Å². The minimum atomic E-state index is -0.601. The zero-order chi connectivity index (χ0) is 8.27. The monoisotopic (exact) mass is 157 g/mol. The Hall–Kier alpha value is -0.870. The van der Waals surface area contributed by atoms with Crippen molar-refractivity contribution in [2.45, 2.75) is 19.1 Å². The number of nitrogens with one attached hydrogen (secondary N) is 1. The zero-order valence-electron chi connectivity index (χ0n) is 6.53. The summed E-state index contributed by atoms with van der Waals surface area (Å²) in [6.07, 6.45) is 2.93. The average molecular weight is 157 g/mol. The molecular formula is C7H11NO3. The Bertz CT molecular complexity index is 179. The molecule has 62 valence electrons. The average Bonchev–Trinajstić information content (AvgIpc) is 2.05. The number of carbonyl (C=O) groups is 1. The molecule has 0 saturated carbocycles. The van der Waals surface area contributed by atoms with Crippen molar-refractivity contribution in [2.75, 3.05) is 7.11 Å². The van der Waals surface area contributed by atoms with Crippen molar-refractivity contribution in [1.82, 2.24) is 5.48 Å². The maximum absolute atomic E-state index is 10.8. The maximum atomic E-state index is 10.8. The van der Waals surface area contributed by atoms with E-state index in [1.807, 2.05) is 13.0 Å². The fourth-order valence-corrected chi connectivity index (χ4v) is 0.770. The normalized spacial score (nSPS) is 30.0. The number of rotatable bonds is 1. The van der Waals surface area contributed by atoms with E-state index >= 15 is 0 Å². The molecule has 1 aliphatic heterocycles. The Morgan fingerprint density at radius 1 is 1.64 bits per heavy atom. The Morgan fingerprint density at radius 2 is 2.36 bits per heavy atom. The first-order chi connectivity index (χ1) is 5.24. The number of methoxy groups -OCH3 is 1. The molecule has 0 unspecified atom stereocenters. The van der Waals surface area contributed by atoms with E-state index in [0.717, 1.165) is 0 Å². The number of hydrogen-bond acceptors (Lipinski definition) is 4. The fraction of sp³-hybridized carbons (Fsp3) is 0.571. The van der Waals surface area contributed by atoms with Crippen LogP contribution in [0, 0.1) is 0 Å². The molecule has 0 aliphatic carbocycles. The van der Waals surface area contributed by atoms with Gasteiger partial charge >= 0.3 is 5.97 Å². The van der Waals surface area contributed by atoms with Crippen molar-refractivity contribution in [3.8, 4) is 0 Å². The molecule has 0 aromatic rings. The van der Waals surface area contributed by atoms with Crippen molar-refractivity contribution < 1.29 is 14.4 Å². The second-order valence-corrected chi connectivity index (χ2v) is 2.35. The van der Waals surface area contributed by atoms with Gasteiger partial charge in [0.1, 0.15) is 0 Å². The lowest BCUT2D eigenvalue weighted by Gasteiger charge is -2.19. The molecule has 4 heteroatoms. The van der Waals surface area contributed by atoms with Crippen LogP contribution in [-0.4, -0.2) is 25.2 Å². The Morgan fingerprint density at radius 3 is 2.82 bits per heavy atom. The lowest BCUT2D eigenvalue weighted by molar-refractivity contribution is -0.156. The van der Waals surface area contributed by atoms with Crippen molar-refractivity contribution in [2.24, 2.45) is 0 Å². The van der Waals surface area contributed by atoms with E-state index in [1.165, 1.54) is 7.11 Å². The van der Waals surface area contributed by atoms with Gasteiger partial charge in [-0.3, -0.25) is 4.84 Å². The SMILES string of the molecule is COC(=O)[C@@H]1C=C[C@H](C)NO1. The summed E-state index contributed by atoms with van der Waals surface area (Å²) in [7, 11) is 1.33. The highest BCUT2D eigenvalue weighted by molar-refractivity contribution is 5.76. The predicted octanol–water partition coefficient (Wildman–Crippen LogP) is 0.00750. The number of hydrogen-bond donors (Lipinski definition) is 1. The summed E-state index contributed by atoms with van der Waals surface area (Å²) in [6, 6.07) is 0.149. The van der Waals surface area contributed by atoms with Gasteiger partial charge in [-0.05, 0) is 13.0 Å². The summed E-state index contributed by atoms with van der Waals surface area (Å²) in [4.78, 5) is 15.8. The van der Waals surface area contributed by atoms with Gasteiger partial charge in [0.05, 0.1) is 7.11 Å². The number of ether oxygens (including phenoxy) is 1. The topological polar surface area (TPSA) is 47.6 Å². The summed E-state index contributed by atoms with van der Waals surface area (Å²) >= 11 is 0. The van der Waals surface area contributed by atoms with Crippen molar-refractivity contribution in [3.05, 3.63) is 12.2 Å². The second kappa shape index (κ2) is 3.50. The van der Waals surface area contributed by atoms with Crippen molar-refractivity contribution >= 4 is 5.97 Å². The molecular weight excluding hydrogens is 146 g/mol. The third-order valence-corrected chi connectivity index (χ3v) is 1.39. The Labute approximate surface area is 65.1 Å². The van der Waals surface area contributed by atoms with Crippen LogP contribution in [0.25, 0.3) is 0 Å². The third-order valence-electron chi connectivity index (χ3n) is 1.39. The molecule has 1 heterocycles. The molecule has 0 radical (unpaired) electrons. The van der Waals surface area contributed by atoms with Crippen LogP contribution in [0.3, 0.4) is 0 Å². The number of carbonyl (C=O) groups excluding carboxylic acids is 1. The molecule has 2 atom stereocenters. The molecule has 4 nitrogen and oxygen atoms in total. The summed E-state index contributed by atoms with van der Waals surface area (Å²) in [5, 5.41) is 0. The van der Waals surface area contributed by atoms with E-state index in [1.54, 1.807) is 6.08 Å². The summed E-state index contributed by atoms with van der Waals surface area (Å²) < 4.78 is 4.47. The summed E-state index contributed by atoms with van der Waals surface area (Å²) in [5.41, 5.74) is 2.66. The zero-order valence-corrected chi connectivity index (χ0v) is 6.53. The van der Waals surface area contributed by atoms with Gasteiger partial charge in [0.15, 0.2) is 6.10 Å². The standard InChI is InChI=1S/C7H11NO3/c1-5-3-4-6(11-8-5)7(9)10-2/h3-6,8H,1-2H3/t5-,6-/m0/s1. The first kappa shape index (κ1) is 8.23. The van der Waals surface area contributed by atoms with Gasteiger partial charge in [0, 0.05) is 6.04 Å². The molecule has 0 spiro atoms. The lowest BCUT2D eigenvalue weighted by Crippen LogP contribution is -2.38. The van der Waals surface area contributed by atoms with E-state index in [-0.39, 0.29) is 12.0 Å². The highest BCUT2D eigenvalue weighted by Gasteiger charge is 2.20. The molecule has 0 amide bonds. The Balaban J connectivity index is 2.50. The quantitative estimate of drug-likeness (QED) is 0.430. The van der Waals surface area contributed by atoms with Gasteiger partial charge in [-0.15, -0.1) is 0 Å². The van der Waals surface area contributed by atoms with Crippen LogP contribution in [0.4, 0.5) is 0 Å². The highest BCUT2D eigenvalue weighted by Crippen LogP contribution is 2.02. The summed E-state index contributed by atoms with van der Waals surface area (Å²) in [5.74, 6) is -0.388. The van der Waals surface area contributed by atoms with E-state index in [9.17, 15) is 4.79 Å². The first-order valence-corrected chi connectivity index (χ1v) is 3.41. The van der Waals surface area contributed by atoms with E-state index in [2.05, 4.69) is 10.2 Å². The molecule has 1 aliphatic rings. The van der Waals surface area contributed by atoms with E-state index in [4.69, 9.17) is 4.84 Å². The van der Waals surface area contributed by atoms with Gasteiger partial charge in [-0.1, -0.05) is 6.08 Å². The van der Waals surface area contributed by atoms with Gasteiger partial charge in [0.25, 0.3) is 0 Å². The van der Waals surface area contributed by atoms with Gasteiger partial charge in [-0.25, -0.2) is 4.79 Å². The van der Waals surface area contributed by atoms with Crippen molar-refractivity contribution in [1.29, 1.82) is 0 Å². The minimum absolute atomic E-state index is 0.149. The van der Waals surface area contributed by atoms with Crippen LogP contribution in [0.2, 0.25) is 0 Å². The molecule has 1 rings (SSSR count). The Kier molecular flexibility index (Phi) is 2.62. The van der Waals surface area contributed by atoms with Crippen LogP contribution in [0.15, 0.2) is 12.2 Å². The first-order valence-electron chi connectivity index (χ1n) is 3.41. The molecule has 0 aromatic heterocycles. The molecule has 11 heavy (non-hydrogen) atoms. The smallest absolute Gasteiger partial charge is 0.341 e. The van der Waals surface area contributed by atoms with Gasteiger partial charge in [0.2, 0.25) is 0 Å². The number of esters is 1. The lowest BCUT2D eigenvalue weighted by atomic mass is 10.2. The second-order valence-electron chi connectivity index (χ2n) is 2.35. The largest absolute Gasteiger partial charge is 0.467 e. The molecule has 0 fully saturated rings. The maximum Gasteiger partial charge on any atom is 0.341 e. The van der Waals surface area contributed by atoms with Crippen LogP contribution in [-0.2, 0) is 14.4 Å². The van der Waals surface area contributed by atoms with Crippen LogP contribution in [0.1, 0.15) is 6.92 Å². The van der Waals surface area contributed by atoms with Gasteiger partial charge in [-0.2, -0.15) is 5.48 Å². The fourth-order valence-electron chi connectivity index (χ4n) is 0.770. The molecule has 0 bridgehead atoms. The highest BCUT2D eigenvalue weighted by atomic mass is 16.7. The molecule has 0 aromatic carbocycles. The van der Waals surface area contributed by atoms with Crippen LogP contribution >= 0.6 is 0 Å². The van der Waals surface area contributed by atoms with E-state index in [0.29, 0.717) is 0 Å². The minimum Gasteiger partial charge on any atom is -0.467 e. The van der Waals surface area contributed by atoms with Crippen molar-refractivity contribution in [3.63, 3.8) is 0 Å². The molecule has 1 N–H and O–H groups in total.